The van der Waals surface area contributed by atoms with E-state index in [0.717, 1.165) is 23.0 Å². The second kappa shape index (κ2) is 7.18. The summed E-state index contributed by atoms with van der Waals surface area (Å²) in [5.41, 5.74) is 7.75. The SMILES string of the molecule is Nc1c(C(=O)Nc2ccc(Cl)cc2F)sc2nc(-c3ccc(F)cc3)ccc12. The van der Waals surface area contributed by atoms with Gasteiger partial charge in [0.1, 0.15) is 21.3 Å². The lowest BCUT2D eigenvalue weighted by atomic mass is 10.1. The van der Waals surface area contributed by atoms with Crippen molar-refractivity contribution >= 4 is 50.4 Å². The largest absolute Gasteiger partial charge is 0.397 e. The van der Waals surface area contributed by atoms with Crippen molar-refractivity contribution in [3.63, 3.8) is 0 Å². The van der Waals surface area contributed by atoms with E-state index in [1.165, 1.54) is 24.3 Å². The highest BCUT2D eigenvalue weighted by Crippen LogP contribution is 2.35. The number of aromatic nitrogens is 1. The number of anilines is 2. The summed E-state index contributed by atoms with van der Waals surface area (Å²) in [5.74, 6) is -1.51. The van der Waals surface area contributed by atoms with Gasteiger partial charge in [-0.05, 0) is 54.6 Å². The quantitative estimate of drug-likeness (QED) is 0.449. The van der Waals surface area contributed by atoms with Gasteiger partial charge in [-0.2, -0.15) is 0 Å². The molecule has 0 fully saturated rings. The Bertz CT molecular complexity index is 1210. The summed E-state index contributed by atoms with van der Waals surface area (Å²) in [5, 5.41) is 3.35. The molecule has 3 N–H and O–H groups in total. The summed E-state index contributed by atoms with van der Waals surface area (Å²) in [7, 11) is 0. The first kappa shape index (κ1) is 18.3. The molecular formula is C20H12ClF2N3OS. The van der Waals surface area contributed by atoms with Gasteiger partial charge in [0.05, 0.1) is 17.1 Å². The Balaban J connectivity index is 1.68. The second-order valence-corrected chi connectivity index (χ2v) is 7.41. The van der Waals surface area contributed by atoms with Crippen LogP contribution in [0.5, 0.6) is 0 Å². The van der Waals surface area contributed by atoms with Crippen LogP contribution in [0.3, 0.4) is 0 Å². The molecule has 0 radical (unpaired) electrons. The van der Waals surface area contributed by atoms with E-state index in [0.29, 0.717) is 15.9 Å². The number of nitrogen functional groups attached to an aromatic ring is 1. The molecular weight excluding hydrogens is 404 g/mol. The van der Waals surface area contributed by atoms with Crippen LogP contribution in [0.15, 0.2) is 54.6 Å². The van der Waals surface area contributed by atoms with Gasteiger partial charge in [0.25, 0.3) is 5.91 Å². The van der Waals surface area contributed by atoms with Crippen molar-refractivity contribution in [2.45, 2.75) is 0 Å². The van der Waals surface area contributed by atoms with Crippen molar-refractivity contribution in [3.8, 4) is 11.3 Å². The highest BCUT2D eigenvalue weighted by Gasteiger charge is 2.19. The monoisotopic (exact) mass is 415 g/mol. The number of hydrogen-bond donors (Lipinski definition) is 2. The minimum Gasteiger partial charge on any atom is -0.397 e. The lowest BCUT2D eigenvalue weighted by Gasteiger charge is -2.05. The van der Waals surface area contributed by atoms with Crippen molar-refractivity contribution in [2.24, 2.45) is 0 Å². The van der Waals surface area contributed by atoms with Crippen molar-refractivity contribution in [1.82, 2.24) is 4.98 Å². The summed E-state index contributed by atoms with van der Waals surface area (Å²) in [6.07, 6.45) is 0. The van der Waals surface area contributed by atoms with Gasteiger partial charge in [-0.15, -0.1) is 11.3 Å². The summed E-state index contributed by atoms with van der Waals surface area (Å²) >= 11 is 6.82. The maximum absolute atomic E-state index is 13.9. The number of hydrogen-bond acceptors (Lipinski definition) is 4. The maximum atomic E-state index is 13.9. The predicted octanol–water partition coefficient (Wildman–Crippen LogP) is 5.73. The molecule has 0 aliphatic rings. The molecule has 0 atom stereocenters. The van der Waals surface area contributed by atoms with Gasteiger partial charge in [-0.3, -0.25) is 4.79 Å². The number of rotatable bonds is 3. The van der Waals surface area contributed by atoms with Crippen LogP contribution in [-0.4, -0.2) is 10.9 Å². The Kier molecular flexibility index (Phi) is 4.70. The average Bonchev–Trinajstić information content (AvgIpc) is 3.01. The van der Waals surface area contributed by atoms with Crippen LogP contribution in [0.25, 0.3) is 21.5 Å². The molecule has 1 amide bonds. The highest BCUT2D eigenvalue weighted by atomic mass is 35.5. The Morgan fingerprint density at radius 1 is 1.07 bits per heavy atom. The molecule has 4 aromatic rings. The number of halogens is 3. The molecule has 2 aromatic carbocycles. The van der Waals surface area contributed by atoms with Gasteiger partial charge in [-0.1, -0.05) is 11.6 Å². The standard InChI is InChI=1S/C20H12ClF2N3OS/c21-11-3-7-16(14(23)9-11)25-19(27)18-17(24)13-6-8-15(26-20(13)28-18)10-1-4-12(22)5-2-10/h1-9H,24H2,(H,25,27). The molecule has 140 valence electrons. The van der Waals surface area contributed by atoms with Crippen LogP contribution < -0.4 is 11.1 Å². The number of fused-ring (bicyclic) bond motifs is 1. The van der Waals surface area contributed by atoms with Crippen LogP contribution in [0, 0.1) is 11.6 Å². The van der Waals surface area contributed by atoms with Gasteiger partial charge >= 0.3 is 0 Å². The van der Waals surface area contributed by atoms with Gasteiger partial charge in [0.15, 0.2) is 0 Å². The lowest BCUT2D eigenvalue weighted by molar-refractivity contribution is 0.103. The molecule has 0 aliphatic heterocycles. The van der Waals surface area contributed by atoms with Crippen molar-refractivity contribution in [1.29, 1.82) is 0 Å². The van der Waals surface area contributed by atoms with E-state index >= 15 is 0 Å². The fraction of sp³-hybridized carbons (Fsp3) is 0. The molecule has 28 heavy (non-hydrogen) atoms. The third-order valence-corrected chi connectivity index (χ3v) is 5.47. The Morgan fingerprint density at radius 2 is 1.82 bits per heavy atom. The molecule has 0 unspecified atom stereocenters. The van der Waals surface area contributed by atoms with E-state index in [4.69, 9.17) is 17.3 Å². The molecule has 0 saturated carbocycles. The second-order valence-electron chi connectivity index (χ2n) is 5.98. The number of nitrogens with zero attached hydrogens (tertiary/aromatic N) is 1. The third-order valence-electron chi connectivity index (χ3n) is 4.12. The molecule has 0 saturated heterocycles. The minimum atomic E-state index is -0.641. The first-order chi connectivity index (χ1) is 13.4. The molecule has 8 heteroatoms. The summed E-state index contributed by atoms with van der Waals surface area (Å²) in [6, 6.07) is 13.4. The molecule has 4 rings (SSSR count). The number of carbonyl (C=O) groups excluding carboxylic acids is 1. The molecule has 0 bridgehead atoms. The molecule has 0 aliphatic carbocycles. The smallest absolute Gasteiger partial charge is 0.268 e. The van der Waals surface area contributed by atoms with Gasteiger partial charge in [0.2, 0.25) is 0 Å². The fourth-order valence-electron chi connectivity index (χ4n) is 2.72. The Labute approximate surface area is 167 Å². The zero-order valence-corrected chi connectivity index (χ0v) is 15.7. The molecule has 0 spiro atoms. The number of amides is 1. The maximum Gasteiger partial charge on any atom is 0.268 e. The number of nitrogens with two attached hydrogens (primary N) is 1. The summed E-state index contributed by atoms with van der Waals surface area (Å²) in [6.45, 7) is 0. The van der Waals surface area contributed by atoms with Crippen LogP contribution in [0.4, 0.5) is 20.2 Å². The van der Waals surface area contributed by atoms with E-state index in [9.17, 15) is 13.6 Å². The first-order valence-electron chi connectivity index (χ1n) is 8.14. The zero-order valence-electron chi connectivity index (χ0n) is 14.2. The molecule has 4 nitrogen and oxygen atoms in total. The molecule has 2 aromatic heterocycles. The number of carbonyl (C=O) groups is 1. The van der Waals surface area contributed by atoms with Crippen LogP contribution >= 0.6 is 22.9 Å². The van der Waals surface area contributed by atoms with E-state index in [1.54, 1.807) is 24.3 Å². The van der Waals surface area contributed by atoms with Gasteiger partial charge in [0, 0.05) is 16.0 Å². The molecule has 2 heterocycles. The fourth-order valence-corrected chi connectivity index (χ4v) is 3.86. The van der Waals surface area contributed by atoms with Crippen LogP contribution in [0.1, 0.15) is 9.67 Å². The number of thiophene rings is 1. The summed E-state index contributed by atoms with van der Waals surface area (Å²) < 4.78 is 27.1. The van der Waals surface area contributed by atoms with E-state index in [2.05, 4.69) is 10.3 Å². The predicted molar refractivity (Wildman–Crippen MR) is 109 cm³/mol. The van der Waals surface area contributed by atoms with E-state index in [1.807, 2.05) is 0 Å². The van der Waals surface area contributed by atoms with E-state index in [-0.39, 0.29) is 27.1 Å². The van der Waals surface area contributed by atoms with Crippen LogP contribution in [0.2, 0.25) is 5.02 Å². The number of benzene rings is 2. The topological polar surface area (TPSA) is 68.0 Å². The number of pyridine rings is 1. The van der Waals surface area contributed by atoms with Crippen molar-refractivity contribution in [3.05, 3.63) is 76.1 Å². The van der Waals surface area contributed by atoms with Crippen molar-refractivity contribution in [2.75, 3.05) is 11.1 Å². The van der Waals surface area contributed by atoms with E-state index < -0.39 is 11.7 Å². The normalized spacial score (nSPS) is 11.0. The zero-order chi connectivity index (χ0) is 19.8. The third kappa shape index (κ3) is 3.42. The lowest BCUT2D eigenvalue weighted by Crippen LogP contribution is -2.13. The number of nitrogens with one attached hydrogen (secondary N) is 1. The van der Waals surface area contributed by atoms with Crippen molar-refractivity contribution < 1.29 is 13.6 Å². The first-order valence-corrected chi connectivity index (χ1v) is 9.33. The Hall–Kier alpha value is -3.03. The minimum absolute atomic E-state index is 0.00576. The highest BCUT2D eigenvalue weighted by molar-refractivity contribution is 7.21. The average molecular weight is 416 g/mol. The Morgan fingerprint density at radius 3 is 2.54 bits per heavy atom. The van der Waals surface area contributed by atoms with Crippen LogP contribution in [-0.2, 0) is 0 Å². The van der Waals surface area contributed by atoms with Gasteiger partial charge in [-0.25, -0.2) is 13.8 Å². The summed E-state index contributed by atoms with van der Waals surface area (Å²) in [4.78, 5) is 17.9. The van der Waals surface area contributed by atoms with Gasteiger partial charge < -0.3 is 11.1 Å².